The predicted octanol–water partition coefficient (Wildman–Crippen LogP) is 19.9. The summed E-state index contributed by atoms with van der Waals surface area (Å²) >= 11 is 0. The number of fused-ring (bicyclic) bond motifs is 14. The molecule has 4 heteroatoms. The van der Waals surface area contributed by atoms with Crippen molar-refractivity contribution in [3.05, 3.63) is 307 Å². The molecule has 17 rings (SSSR count). The quantitative estimate of drug-likeness (QED) is 0.155. The zero-order chi connectivity index (χ0) is 51.9. The lowest BCUT2D eigenvalue weighted by atomic mass is 9.67. The fourth-order valence-electron chi connectivity index (χ4n) is 13.9. The number of hydrogen-bond donors (Lipinski definition) is 0. The molecule has 0 amide bonds. The van der Waals surface area contributed by atoms with E-state index in [1.165, 1.54) is 116 Å². The van der Waals surface area contributed by atoms with Crippen molar-refractivity contribution in [3.8, 4) is 27.9 Å². The summed E-state index contributed by atoms with van der Waals surface area (Å²) in [5, 5.41) is 12.3. The zero-order valence-electron chi connectivity index (χ0n) is 42.8. The molecule has 0 radical (unpaired) electrons. The summed E-state index contributed by atoms with van der Waals surface area (Å²) in [6.45, 7) is 0. The van der Waals surface area contributed by atoms with Gasteiger partial charge < -0.3 is 13.9 Å². The number of aromatic nitrogens is 2. The van der Waals surface area contributed by atoms with Crippen LogP contribution in [0.15, 0.2) is 279 Å². The van der Waals surface area contributed by atoms with Gasteiger partial charge in [0.1, 0.15) is 5.82 Å². The van der Waals surface area contributed by atoms with Gasteiger partial charge >= 0.3 is 0 Å². The largest absolute Gasteiger partial charge is 0.310 e. The molecule has 16 aromatic rings. The maximum absolute atomic E-state index is 14.3. The molecule has 0 fully saturated rings. The minimum Gasteiger partial charge on any atom is -0.310 e. The average molecular weight is 1010 g/mol. The topological polar surface area (TPSA) is 12.6 Å². The number of nitrogens with zero attached hydrogens (tertiary/aromatic N) is 3. The first-order chi connectivity index (χ1) is 39.1. The summed E-state index contributed by atoms with van der Waals surface area (Å²) in [4.78, 5) is 2.20. The Balaban J connectivity index is 0.824. The summed E-state index contributed by atoms with van der Waals surface area (Å²) in [5.41, 5.74) is 19.3. The molecule has 0 aliphatic heterocycles. The Hall–Kier alpha value is -10.3. The van der Waals surface area contributed by atoms with Crippen LogP contribution in [0.5, 0.6) is 0 Å². The van der Waals surface area contributed by atoms with Crippen molar-refractivity contribution in [1.82, 2.24) is 8.97 Å². The van der Waals surface area contributed by atoms with Crippen LogP contribution in [0.3, 0.4) is 0 Å². The predicted molar refractivity (Wildman–Crippen MR) is 328 cm³/mol. The molecule has 3 nitrogen and oxygen atoms in total. The van der Waals surface area contributed by atoms with Crippen molar-refractivity contribution in [2.24, 2.45) is 0 Å². The molecule has 368 valence electrons. The molecular weight excluding hydrogens is 962 g/mol. The zero-order valence-corrected chi connectivity index (χ0v) is 42.8. The van der Waals surface area contributed by atoms with Crippen LogP contribution < -0.4 is 4.90 Å². The summed E-state index contributed by atoms with van der Waals surface area (Å²) in [6.07, 6.45) is 0. The summed E-state index contributed by atoms with van der Waals surface area (Å²) in [6, 6.07) is 101. The van der Waals surface area contributed by atoms with Gasteiger partial charge in [0.2, 0.25) is 0 Å². The molecule has 0 atom stereocenters. The molecule has 0 saturated carbocycles. The van der Waals surface area contributed by atoms with Crippen LogP contribution in [0.1, 0.15) is 22.3 Å². The highest BCUT2D eigenvalue weighted by atomic mass is 19.1. The Bertz CT molecular complexity index is 5090. The highest BCUT2D eigenvalue weighted by molar-refractivity contribution is 6.25. The highest BCUT2D eigenvalue weighted by Gasteiger charge is 2.46. The fourth-order valence-corrected chi connectivity index (χ4v) is 13.9. The minimum absolute atomic E-state index is 0.262. The number of halogens is 1. The Labute approximate surface area is 454 Å². The monoisotopic (exact) mass is 1010 g/mol. The minimum atomic E-state index is -0.598. The van der Waals surface area contributed by atoms with E-state index in [1.807, 2.05) is 12.1 Å². The Kier molecular flexibility index (Phi) is 9.23. The molecule has 0 spiro atoms. The standard InChI is InChI=1S/C75H46FN3/c76-55-29-32-56(33-30-55)77(59-31-26-47-14-7-8-15-48(47)40-59)57-34-36-58(37-35-57)78-70-24-11-10-21-62(70)66-41-49(28-39-72(66)78)50-27-38-60-65-42-51-43-67-64-23-13-22-63-61-20-9-12-25-71(61)79(74(63)64)73(67)46-52(51)45-69(65)75(68(60)44-50,53-16-3-1-4-17-53)54-18-5-2-6-19-54/h1-46H. The van der Waals surface area contributed by atoms with Crippen molar-refractivity contribution >= 4 is 98.5 Å². The van der Waals surface area contributed by atoms with Crippen LogP contribution in [0.4, 0.5) is 21.5 Å². The number of benzene rings is 13. The second kappa shape index (κ2) is 16.6. The van der Waals surface area contributed by atoms with E-state index < -0.39 is 5.41 Å². The van der Waals surface area contributed by atoms with E-state index in [4.69, 9.17) is 0 Å². The van der Waals surface area contributed by atoms with Gasteiger partial charge in [-0.05, 0) is 181 Å². The molecule has 1 aliphatic rings. The maximum Gasteiger partial charge on any atom is 0.123 e. The first-order valence-corrected chi connectivity index (χ1v) is 27.2. The Morgan fingerprint density at radius 3 is 1.63 bits per heavy atom. The van der Waals surface area contributed by atoms with Gasteiger partial charge in [0.15, 0.2) is 0 Å². The van der Waals surface area contributed by atoms with E-state index in [9.17, 15) is 4.39 Å². The lowest BCUT2D eigenvalue weighted by molar-refractivity contribution is 0.628. The van der Waals surface area contributed by atoms with Gasteiger partial charge in [-0.3, -0.25) is 0 Å². The molecule has 3 aromatic heterocycles. The van der Waals surface area contributed by atoms with Crippen molar-refractivity contribution < 1.29 is 4.39 Å². The third-order valence-corrected chi connectivity index (χ3v) is 17.3. The normalized spacial score (nSPS) is 13.0. The van der Waals surface area contributed by atoms with Gasteiger partial charge in [-0.15, -0.1) is 0 Å². The van der Waals surface area contributed by atoms with E-state index >= 15 is 0 Å². The van der Waals surface area contributed by atoms with Gasteiger partial charge in [0.25, 0.3) is 0 Å². The average Bonchev–Trinajstić information content (AvgIpc) is 4.09. The number of para-hydroxylation sites is 3. The molecule has 13 aromatic carbocycles. The molecule has 79 heavy (non-hydrogen) atoms. The van der Waals surface area contributed by atoms with Crippen LogP contribution >= 0.6 is 0 Å². The second-order valence-corrected chi connectivity index (χ2v) is 21.4. The van der Waals surface area contributed by atoms with Crippen LogP contribution in [0, 0.1) is 5.82 Å². The number of anilines is 3. The molecule has 3 heterocycles. The molecule has 1 aliphatic carbocycles. The van der Waals surface area contributed by atoms with E-state index in [0.717, 1.165) is 44.7 Å². The molecule has 0 unspecified atom stereocenters. The van der Waals surface area contributed by atoms with Crippen molar-refractivity contribution in [2.45, 2.75) is 5.41 Å². The van der Waals surface area contributed by atoms with E-state index in [2.05, 4.69) is 269 Å². The van der Waals surface area contributed by atoms with Gasteiger partial charge in [-0.1, -0.05) is 164 Å². The SMILES string of the molecule is Fc1ccc(N(c2ccc(-n3c4ccccc4c4cc(-c5ccc6c(c5)C(c5ccccc5)(c5ccccc5)c5cc7cc8c(cc7cc5-6)c5cccc6c7ccccc7n8c65)ccc43)cc2)c2ccc3ccccc3c2)cc1. The number of rotatable bonds is 7. The van der Waals surface area contributed by atoms with Gasteiger partial charge in [0, 0.05) is 55.1 Å². The van der Waals surface area contributed by atoms with Crippen molar-refractivity contribution in [3.63, 3.8) is 0 Å². The van der Waals surface area contributed by atoms with Crippen LogP contribution in [-0.2, 0) is 5.41 Å². The van der Waals surface area contributed by atoms with E-state index in [-0.39, 0.29) is 5.82 Å². The van der Waals surface area contributed by atoms with Gasteiger partial charge in [-0.2, -0.15) is 0 Å². The van der Waals surface area contributed by atoms with Crippen molar-refractivity contribution in [2.75, 3.05) is 4.90 Å². The van der Waals surface area contributed by atoms with Gasteiger partial charge in [0.05, 0.1) is 33.0 Å². The summed E-state index contributed by atoms with van der Waals surface area (Å²) in [5.74, 6) is -0.262. The molecular formula is C75H46FN3. The lowest BCUT2D eigenvalue weighted by Crippen LogP contribution is -2.28. The third-order valence-electron chi connectivity index (χ3n) is 17.3. The van der Waals surface area contributed by atoms with Crippen LogP contribution in [-0.4, -0.2) is 8.97 Å². The van der Waals surface area contributed by atoms with Crippen LogP contribution in [0.2, 0.25) is 0 Å². The summed E-state index contributed by atoms with van der Waals surface area (Å²) < 4.78 is 19.2. The first kappa shape index (κ1) is 43.9. The van der Waals surface area contributed by atoms with E-state index in [0.29, 0.717) is 0 Å². The smallest absolute Gasteiger partial charge is 0.123 e. The van der Waals surface area contributed by atoms with E-state index in [1.54, 1.807) is 0 Å². The van der Waals surface area contributed by atoms with Crippen LogP contribution in [0.25, 0.3) is 109 Å². The molecule has 0 N–H and O–H groups in total. The third kappa shape index (κ3) is 6.28. The first-order valence-electron chi connectivity index (χ1n) is 27.2. The summed E-state index contributed by atoms with van der Waals surface area (Å²) in [7, 11) is 0. The Morgan fingerprint density at radius 1 is 0.316 bits per heavy atom. The number of hydrogen-bond acceptors (Lipinski definition) is 1. The fraction of sp³-hybridized carbons (Fsp3) is 0.0133. The molecule has 0 saturated heterocycles. The molecule has 0 bridgehead atoms. The van der Waals surface area contributed by atoms with Gasteiger partial charge in [-0.25, -0.2) is 4.39 Å². The highest BCUT2D eigenvalue weighted by Crippen LogP contribution is 2.58. The van der Waals surface area contributed by atoms with Crippen molar-refractivity contribution in [1.29, 1.82) is 0 Å². The maximum atomic E-state index is 14.3. The Morgan fingerprint density at radius 2 is 0.873 bits per heavy atom. The lowest BCUT2D eigenvalue weighted by Gasteiger charge is -2.34. The second-order valence-electron chi connectivity index (χ2n) is 21.4.